The number of hydrogen-bond acceptors (Lipinski definition) is 8. The molecule has 150 valence electrons. The molecule has 1 saturated heterocycles. The third kappa shape index (κ3) is 4.54. The zero-order valence-corrected chi connectivity index (χ0v) is 16.4. The second kappa shape index (κ2) is 8.48. The molecule has 0 saturated carbocycles. The van der Waals surface area contributed by atoms with Gasteiger partial charge in [0.15, 0.2) is 15.6 Å². The number of oxazole rings is 1. The average molecular weight is 406 g/mol. The van der Waals surface area contributed by atoms with Crippen LogP contribution in [0.4, 0.5) is 5.88 Å². The number of sulfone groups is 1. The fourth-order valence-electron chi connectivity index (χ4n) is 3.07. The number of hydrogen-bond donors (Lipinski definition) is 1. The summed E-state index contributed by atoms with van der Waals surface area (Å²) in [6.07, 6.45) is 2.66. The fourth-order valence-corrected chi connectivity index (χ4v) is 3.77. The van der Waals surface area contributed by atoms with E-state index in [-0.39, 0.29) is 41.5 Å². The first kappa shape index (κ1) is 19.9. The lowest BCUT2D eigenvalue weighted by atomic mass is 9.96. The zero-order valence-electron chi connectivity index (χ0n) is 15.6. The van der Waals surface area contributed by atoms with Crippen LogP contribution in [-0.2, 0) is 14.6 Å². The molecule has 3 heterocycles. The van der Waals surface area contributed by atoms with Gasteiger partial charge in [-0.1, -0.05) is 6.92 Å². The van der Waals surface area contributed by atoms with Crippen molar-refractivity contribution in [2.45, 2.75) is 19.8 Å². The summed E-state index contributed by atoms with van der Waals surface area (Å²) in [5, 5.41) is 12.0. The molecule has 2 aromatic heterocycles. The Morgan fingerprint density at radius 1 is 1.43 bits per heavy atom. The molecule has 1 fully saturated rings. The van der Waals surface area contributed by atoms with Gasteiger partial charge in [0, 0.05) is 31.3 Å². The average Bonchev–Trinajstić information content (AvgIpc) is 3.37. The van der Waals surface area contributed by atoms with Crippen LogP contribution in [0.1, 0.15) is 25.5 Å². The van der Waals surface area contributed by atoms with Gasteiger partial charge in [0.2, 0.25) is 17.5 Å². The van der Waals surface area contributed by atoms with Crippen LogP contribution in [0.25, 0.3) is 11.7 Å². The lowest BCUT2D eigenvalue weighted by Crippen LogP contribution is -2.41. The number of nitrogens with one attached hydrogen (secondary N) is 1. The minimum absolute atomic E-state index is 0.0484. The van der Waals surface area contributed by atoms with Gasteiger partial charge in [0.05, 0.1) is 12.0 Å². The first-order valence-corrected chi connectivity index (χ1v) is 10.9. The fraction of sp³-hybridized carbons (Fsp3) is 0.500. The summed E-state index contributed by atoms with van der Waals surface area (Å²) in [7, 11) is -3.10. The molecule has 0 aromatic carbocycles. The van der Waals surface area contributed by atoms with Crippen LogP contribution in [0.5, 0.6) is 0 Å². The van der Waals surface area contributed by atoms with E-state index in [4.69, 9.17) is 8.83 Å². The molecule has 1 N–H and O–H groups in total. The molecule has 0 atom stereocenters. The van der Waals surface area contributed by atoms with Crippen LogP contribution in [-0.4, -0.2) is 50.4 Å². The smallest absolute Gasteiger partial charge is 0.266 e. The maximum absolute atomic E-state index is 12.3. The van der Waals surface area contributed by atoms with Crippen LogP contribution < -0.4 is 10.2 Å². The second-order valence-electron chi connectivity index (χ2n) is 6.55. The number of anilines is 1. The highest BCUT2D eigenvalue weighted by molar-refractivity contribution is 7.91. The van der Waals surface area contributed by atoms with Crippen molar-refractivity contribution < 1.29 is 22.0 Å². The highest BCUT2D eigenvalue weighted by Gasteiger charge is 2.29. The zero-order chi connectivity index (χ0) is 20.1. The highest BCUT2D eigenvalue weighted by Crippen LogP contribution is 2.31. The normalized spacial score (nSPS) is 15.4. The Kier molecular flexibility index (Phi) is 6.04. The summed E-state index contributed by atoms with van der Waals surface area (Å²) >= 11 is 0. The van der Waals surface area contributed by atoms with Crippen molar-refractivity contribution in [1.29, 1.82) is 5.26 Å². The molecular formula is C18H22N4O5S. The topological polar surface area (TPSA) is 129 Å². The third-order valence-corrected chi connectivity index (χ3v) is 6.46. The molecule has 0 bridgehead atoms. The number of nitriles is 1. The number of carbonyl (C=O) groups excluding carboxylic acids is 1. The van der Waals surface area contributed by atoms with Gasteiger partial charge in [-0.05, 0) is 25.0 Å². The van der Waals surface area contributed by atoms with Crippen LogP contribution in [0, 0.1) is 17.2 Å². The van der Waals surface area contributed by atoms with Gasteiger partial charge >= 0.3 is 0 Å². The largest absolute Gasteiger partial charge is 0.459 e. The quantitative estimate of drug-likeness (QED) is 0.733. The summed E-state index contributed by atoms with van der Waals surface area (Å²) < 4.78 is 34.0. The van der Waals surface area contributed by atoms with E-state index in [0.717, 1.165) is 0 Å². The number of piperidine rings is 1. The summed E-state index contributed by atoms with van der Waals surface area (Å²) in [6.45, 7) is 2.78. The van der Waals surface area contributed by atoms with Gasteiger partial charge in [-0.15, -0.1) is 0 Å². The van der Waals surface area contributed by atoms with E-state index in [1.165, 1.54) is 6.26 Å². The third-order valence-electron chi connectivity index (χ3n) is 4.75. The van der Waals surface area contributed by atoms with Gasteiger partial charge in [-0.3, -0.25) is 4.79 Å². The molecule has 0 unspecified atom stereocenters. The van der Waals surface area contributed by atoms with Crippen molar-refractivity contribution in [1.82, 2.24) is 10.3 Å². The molecule has 0 aliphatic carbocycles. The van der Waals surface area contributed by atoms with Crippen LogP contribution in [0.2, 0.25) is 0 Å². The van der Waals surface area contributed by atoms with Crippen molar-refractivity contribution in [3.63, 3.8) is 0 Å². The number of amides is 1. The Balaban J connectivity index is 1.57. The van der Waals surface area contributed by atoms with Gasteiger partial charge in [-0.2, -0.15) is 10.2 Å². The summed E-state index contributed by atoms with van der Waals surface area (Å²) in [5.74, 6) is 0.751. The predicted molar refractivity (Wildman–Crippen MR) is 101 cm³/mol. The van der Waals surface area contributed by atoms with E-state index in [1.807, 2.05) is 11.0 Å². The van der Waals surface area contributed by atoms with E-state index in [9.17, 15) is 18.5 Å². The Labute approximate surface area is 163 Å². The first-order chi connectivity index (χ1) is 13.4. The Morgan fingerprint density at radius 3 is 2.79 bits per heavy atom. The maximum Gasteiger partial charge on any atom is 0.266 e. The predicted octanol–water partition coefficient (Wildman–Crippen LogP) is 1.57. The van der Waals surface area contributed by atoms with Crippen molar-refractivity contribution in [2.75, 3.05) is 36.0 Å². The molecule has 2 aromatic rings. The first-order valence-electron chi connectivity index (χ1n) is 9.11. The molecule has 1 aliphatic heterocycles. The van der Waals surface area contributed by atoms with Gasteiger partial charge in [-0.25, -0.2) is 8.42 Å². The van der Waals surface area contributed by atoms with E-state index in [2.05, 4.69) is 10.3 Å². The second-order valence-corrected chi connectivity index (χ2v) is 9.02. The molecule has 0 spiro atoms. The Morgan fingerprint density at radius 2 is 2.18 bits per heavy atom. The summed E-state index contributed by atoms with van der Waals surface area (Å²) in [4.78, 5) is 18.3. The van der Waals surface area contributed by atoms with Gasteiger partial charge in [0.1, 0.15) is 6.07 Å². The molecule has 9 nitrogen and oxygen atoms in total. The monoisotopic (exact) mass is 406 g/mol. The number of aromatic nitrogens is 1. The summed E-state index contributed by atoms with van der Waals surface area (Å²) in [5.41, 5.74) is 0.180. The van der Waals surface area contributed by atoms with E-state index < -0.39 is 9.84 Å². The SMILES string of the molecule is CCS(=O)(=O)CCNC(=O)C1CCN(c2oc(-c3ccco3)nc2C#N)CC1. The van der Waals surface area contributed by atoms with Gasteiger partial charge < -0.3 is 19.1 Å². The van der Waals surface area contributed by atoms with Crippen LogP contribution in [0.3, 0.4) is 0 Å². The highest BCUT2D eigenvalue weighted by atomic mass is 32.2. The minimum atomic E-state index is -3.10. The molecule has 1 aliphatic rings. The van der Waals surface area contributed by atoms with Crippen LogP contribution >= 0.6 is 0 Å². The Bertz CT molecular complexity index is 951. The van der Waals surface area contributed by atoms with Crippen molar-refractivity contribution in [3.05, 3.63) is 24.1 Å². The molecule has 28 heavy (non-hydrogen) atoms. The van der Waals surface area contributed by atoms with Gasteiger partial charge in [0.25, 0.3) is 5.89 Å². The van der Waals surface area contributed by atoms with E-state index in [0.29, 0.717) is 37.6 Å². The van der Waals surface area contributed by atoms with Crippen molar-refractivity contribution in [2.24, 2.45) is 5.92 Å². The van der Waals surface area contributed by atoms with Crippen LogP contribution in [0.15, 0.2) is 27.2 Å². The number of carbonyl (C=O) groups is 1. The maximum atomic E-state index is 12.3. The molecule has 0 radical (unpaired) electrons. The Hall–Kier alpha value is -2.80. The minimum Gasteiger partial charge on any atom is -0.459 e. The van der Waals surface area contributed by atoms with Crippen molar-refractivity contribution >= 4 is 21.6 Å². The molecule has 1 amide bonds. The number of furan rings is 1. The van der Waals surface area contributed by atoms with E-state index >= 15 is 0 Å². The molecule has 3 rings (SSSR count). The van der Waals surface area contributed by atoms with E-state index in [1.54, 1.807) is 19.1 Å². The standard InChI is InChI=1S/C18H22N4O5S/c1-2-28(24,25)11-7-20-16(23)13-5-8-22(9-6-13)18-14(12-19)21-17(27-18)15-4-3-10-26-15/h3-4,10,13H,2,5-9,11H2,1H3,(H,20,23). The lowest BCUT2D eigenvalue weighted by Gasteiger charge is -2.30. The molecule has 10 heteroatoms. The lowest BCUT2D eigenvalue weighted by molar-refractivity contribution is -0.125. The van der Waals surface area contributed by atoms with Crippen molar-refractivity contribution in [3.8, 4) is 17.7 Å². The molecular weight excluding hydrogens is 384 g/mol. The number of rotatable bonds is 7. The summed E-state index contributed by atoms with van der Waals surface area (Å²) in [6, 6.07) is 5.44. The number of nitrogens with zero attached hydrogens (tertiary/aromatic N) is 3.